The predicted molar refractivity (Wildman–Crippen MR) is 90.7 cm³/mol. The van der Waals surface area contributed by atoms with Crippen LogP contribution in [0.4, 0.5) is 5.69 Å². The van der Waals surface area contributed by atoms with Gasteiger partial charge in [0.05, 0.1) is 0 Å². The Labute approximate surface area is 137 Å². The van der Waals surface area contributed by atoms with Gasteiger partial charge in [0.2, 0.25) is 5.03 Å². The molecule has 3 N–H and O–H groups in total. The Morgan fingerprint density at radius 1 is 1.29 bits per heavy atom. The highest BCUT2D eigenvalue weighted by atomic mass is 127. The molecule has 0 saturated carbocycles. The van der Waals surface area contributed by atoms with Crippen LogP contribution in [0.2, 0.25) is 0 Å². The third kappa shape index (κ3) is 3.95. The van der Waals surface area contributed by atoms with Gasteiger partial charge in [0.25, 0.3) is 10.0 Å². The van der Waals surface area contributed by atoms with E-state index in [0.717, 1.165) is 15.8 Å². The van der Waals surface area contributed by atoms with Gasteiger partial charge in [-0.25, -0.2) is 0 Å². The Balaban J connectivity index is 2.29. The summed E-state index contributed by atoms with van der Waals surface area (Å²) in [6, 6.07) is 7.13. The van der Waals surface area contributed by atoms with E-state index in [1.165, 1.54) is 0 Å². The van der Waals surface area contributed by atoms with E-state index in [1.54, 1.807) is 12.1 Å². The van der Waals surface area contributed by atoms with Crippen molar-refractivity contribution in [2.75, 3.05) is 11.3 Å². The molecule has 2 aromatic rings. The lowest BCUT2D eigenvalue weighted by atomic mass is 10.2. The lowest BCUT2D eigenvalue weighted by molar-refractivity contribution is 0.594. The van der Waals surface area contributed by atoms with E-state index >= 15 is 0 Å². The van der Waals surface area contributed by atoms with Crippen LogP contribution in [0, 0.1) is 10.5 Å². The Kier molecular flexibility index (Phi) is 5.22. The molecule has 0 amide bonds. The van der Waals surface area contributed by atoms with E-state index in [2.05, 4.69) is 42.8 Å². The quantitative estimate of drug-likeness (QED) is 0.626. The predicted octanol–water partition coefficient (Wildman–Crippen LogP) is 2.23. The Morgan fingerprint density at radius 3 is 2.57 bits per heavy atom. The zero-order valence-electron chi connectivity index (χ0n) is 11.8. The third-order valence-electron chi connectivity index (χ3n) is 2.94. The molecule has 0 aliphatic heterocycles. The molecule has 0 atom stereocenters. The number of aromatic nitrogens is 2. The summed E-state index contributed by atoms with van der Waals surface area (Å²) in [5, 5.41) is 9.84. The lowest BCUT2D eigenvalue weighted by Gasteiger charge is -2.08. The van der Waals surface area contributed by atoms with Gasteiger partial charge in [-0.15, -0.1) is 0 Å². The zero-order chi connectivity index (χ0) is 15.5. The minimum absolute atomic E-state index is 0.0412. The monoisotopic (exact) mass is 420 g/mol. The molecule has 114 valence electrons. The van der Waals surface area contributed by atoms with Crippen LogP contribution < -0.4 is 10.0 Å². The fourth-order valence-electron chi connectivity index (χ4n) is 1.83. The van der Waals surface area contributed by atoms with Crippen LogP contribution in [0.5, 0.6) is 0 Å². The molecule has 0 bridgehead atoms. The molecular weight excluding hydrogens is 403 g/mol. The SMILES string of the molecule is CCNCc1c(S(=O)(=O)Nc2ccc(I)cc2)n[nH]c1C. The second-order valence-corrected chi connectivity index (χ2v) is 7.37. The van der Waals surface area contributed by atoms with Crippen LogP contribution in [-0.2, 0) is 16.6 Å². The van der Waals surface area contributed by atoms with E-state index < -0.39 is 10.0 Å². The first-order valence-electron chi connectivity index (χ1n) is 6.47. The second-order valence-electron chi connectivity index (χ2n) is 4.53. The van der Waals surface area contributed by atoms with Gasteiger partial charge in [-0.05, 0) is 60.3 Å². The van der Waals surface area contributed by atoms with Crippen LogP contribution in [0.3, 0.4) is 0 Å². The molecule has 0 fully saturated rings. The summed E-state index contributed by atoms with van der Waals surface area (Å²) < 4.78 is 28.5. The van der Waals surface area contributed by atoms with Crippen molar-refractivity contribution in [2.45, 2.75) is 25.4 Å². The number of rotatable bonds is 6. The number of hydrogen-bond acceptors (Lipinski definition) is 4. The average molecular weight is 420 g/mol. The van der Waals surface area contributed by atoms with E-state index in [0.29, 0.717) is 17.8 Å². The third-order valence-corrected chi connectivity index (χ3v) is 5.01. The fraction of sp³-hybridized carbons (Fsp3) is 0.308. The summed E-state index contributed by atoms with van der Waals surface area (Å²) in [7, 11) is -3.70. The van der Waals surface area contributed by atoms with Gasteiger partial charge >= 0.3 is 0 Å². The molecule has 0 aliphatic rings. The van der Waals surface area contributed by atoms with Crippen molar-refractivity contribution < 1.29 is 8.42 Å². The van der Waals surface area contributed by atoms with Crippen LogP contribution in [0.1, 0.15) is 18.2 Å². The maximum Gasteiger partial charge on any atom is 0.281 e. The molecule has 1 heterocycles. The summed E-state index contributed by atoms with van der Waals surface area (Å²) in [6.45, 7) is 4.99. The maximum atomic E-state index is 12.5. The normalized spacial score (nSPS) is 11.6. The average Bonchev–Trinajstić information content (AvgIpc) is 2.81. The second kappa shape index (κ2) is 6.75. The number of H-pyrrole nitrogens is 1. The Bertz CT molecular complexity index is 710. The summed E-state index contributed by atoms with van der Waals surface area (Å²) in [5.74, 6) is 0. The molecule has 8 heteroatoms. The Hall–Kier alpha value is -1.13. The van der Waals surface area contributed by atoms with Gasteiger partial charge in [-0.3, -0.25) is 9.82 Å². The number of nitrogens with zero attached hydrogens (tertiary/aromatic N) is 1. The first-order chi connectivity index (χ1) is 9.94. The zero-order valence-corrected chi connectivity index (χ0v) is 14.7. The molecule has 1 aromatic carbocycles. The number of aryl methyl sites for hydroxylation is 1. The molecule has 0 aliphatic carbocycles. The van der Waals surface area contributed by atoms with Crippen molar-refractivity contribution in [3.8, 4) is 0 Å². The van der Waals surface area contributed by atoms with Crippen molar-refractivity contribution in [1.29, 1.82) is 0 Å². The lowest BCUT2D eigenvalue weighted by Crippen LogP contribution is -2.19. The van der Waals surface area contributed by atoms with Crippen LogP contribution in [0.25, 0.3) is 0 Å². The number of sulfonamides is 1. The van der Waals surface area contributed by atoms with Crippen molar-refractivity contribution in [3.63, 3.8) is 0 Å². The van der Waals surface area contributed by atoms with Crippen molar-refractivity contribution >= 4 is 38.3 Å². The number of benzene rings is 1. The van der Waals surface area contributed by atoms with Gasteiger partial charge in [-0.1, -0.05) is 6.92 Å². The van der Waals surface area contributed by atoms with E-state index in [-0.39, 0.29) is 5.03 Å². The van der Waals surface area contributed by atoms with Gasteiger partial charge in [0.15, 0.2) is 0 Å². The molecule has 6 nitrogen and oxygen atoms in total. The summed E-state index contributed by atoms with van der Waals surface area (Å²) >= 11 is 2.17. The number of aromatic amines is 1. The van der Waals surface area contributed by atoms with Gasteiger partial charge in [0.1, 0.15) is 0 Å². The largest absolute Gasteiger partial charge is 0.313 e. The van der Waals surface area contributed by atoms with Crippen molar-refractivity contribution in [3.05, 3.63) is 39.1 Å². The Morgan fingerprint density at radius 2 is 1.95 bits per heavy atom. The first kappa shape index (κ1) is 16.2. The fourth-order valence-corrected chi connectivity index (χ4v) is 3.45. The standard InChI is InChI=1S/C13H17IN4O2S/c1-3-15-8-12-9(2)16-17-13(12)21(19,20)18-11-6-4-10(14)5-7-11/h4-7,15,18H,3,8H2,1-2H3,(H,16,17). The molecule has 0 saturated heterocycles. The molecule has 0 spiro atoms. The molecule has 21 heavy (non-hydrogen) atoms. The summed E-state index contributed by atoms with van der Waals surface area (Å²) in [6.07, 6.45) is 0. The molecule has 1 aromatic heterocycles. The summed E-state index contributed by atoms with van der Waals surface area (Å²) in [5.41, 5.74) is 1.93. The van der Waals surface area contributed by atoms with Crippen LogP contribution in [0.15, 0.2) is 29.3 Å². The molecular formula is C13H17IN4O2S. The minimum atomic E-state index is -3.70. The van der Waals surface area contributed by atoms with Crippen molar-refractivity contribution in [2.24, 2.45) is 0 Å². The van der Waals surface area contributed by atoms with E-state index in [9.17, 15) is 8.42 Å². The minimum Gasteiger partial charge on any atom is -0.313 e. The first-order valence-corrected chi connectivity index (χ1v) is 9.03. The molecule has 0 radical (unpaired) electrons. The van der Waals surface area contributed by atoms with Crippen LogP contribution in [-0.4, -0.2) is 25.2 Å². The molecule has 0 unspecified atom stereocenters. The maximum absolute atomic E-state index is 12.5. The van der Waals surface area contributed by atoms with Gasteiger partial charge in [-0.2, -0.15) is 13.5 Å². The number of halogens is 1. The number of nitrogens with one attached hydrogen (secondary N) is 3. The van der Waals surface area contributed by atoms with Crippen LogP contribution >= 0.6 is 22.6 Å². The van der Waals surface area contributed by atoms with E-state index in [4.69, 9.17) is 0 Å². The summed E-state index contributed by atoms with van der Waals surface area (Å²) in [4.78, 5) is 0. The number of anilines is 1. The van der Waals surface area contributed by atoms with Gasteiger partial charge < -0.3 is 5.32 Å². The number of hydrogen-bond donors (Lipinski definition) is 3. The highest BCUT2D eigenvalue weighted by Crippen LogP contribution is 2.20. The van der Waals surface area contributed by atoms with Gasteiger partial charge in [0, 0.05) is 27.1 Å². The van der Waals surface area contributed by atoms with Crippen molar-refractivity contribution in [1.82, 2.24) is 15.5 Å². The topological polar surface area (TPSA) is 86.9 Å². The van der Waals surface area contributed by atoms with E-state index in [1.807, 2.05) is 26.0 Å². The highest BCUT2D eigenvalue weighted by Gasteiger charge is 2.23. The molecule has 2 rings (SSSR count). The highest BCUT2D eigenvalue weighted by molar-refractivity contribution is 14.1. The smallest absolute Gasteiger partial charge is 0.281 e.